The number of rotatable bonds is 9. The summed E-state index contributed by atoms with van der Waals surface area (Å²) in [6.45, 7) is 1.54. The minimum Gasteiger partial charge on any atom is -0.493 e. The van der Waals surface area contributed by atoms with Crippen LogP contribution in [-0.4, -0.2) is 19.6 Å². The molecular weight excluding hydrogens is 324 g/mol. The van der Waals surface area contributed by atoms with Gasteiger partial charge in [0.2, 0.25) is 5.91 Å². The van der Waals surface area contributed by atoms with Crippen LogP contribution in [0.3, 0.4) is 0 Å². The highest BCUT2D eigenvalue weighted by molar-refractivity contribution is 5.76. The average Bonchev–Trinajstić information content (AvgIpc) is 2.65. The van der Waals surface area contributed by atoms with E-state index in [4.69, 9.17) is 4.74 Å². The van der Waals surface area contributed by atoms with Gasteiger partial charge >= 0.3 is 0 Å². The van der Waals surface area contributed by atoms with Crippen molar-refractivity contribution in [2.75, 3.05) is 13.7 Å². The first-order chi connectivity index (χ1) is 12.7. The Morgan fingerprint density at radius 1 is 1.12 bits per heavy atom. The fraction of sp³-hybridized carbons (Fsp3) is 0.409. The smallest absolute Gasteiger partial charge is 0.221 e. The van der Waals surface area contributed by atoms with Gasteiger partial charge in [0, 0.05) is 26.1 Å². The van der Waals surface area contributed by atoms with Crippen LogP contribution in [0.1, 0.15) is 42.9 Å². The number of benzene rings is 2. The summed E-state index contributed by atoms with van der Waals surface area (Å²) in [6.07, 6.45) is 4.36. The molecule has 0 saturated heterocycles. The Bertz CT molecular complexity index is 681. The van der Waals surface area contributed by atoms with E-state index in [1.165, 1.54) is 24.8 Å². The second kappa shape index (κ2) is 9.39. The molecule has 0 unspecified atom stereocenters. The summed E-state index contributed by atoms with van der Waals surface area (Å²) >= 11 is 0. The van der Waals surface area contributed by atoms with Crippen molar-refractivity contribution in [3.63, 3.8) is 0 Å². The van der Waals surface area contributed by atoms with Crippen molar-refractivity contribution in [1.29, 1.82) is 0 Å². The van der Waals surface area contributed by atoms with Crippen LogP contribution in [-0.2, 0) is 11.3 Å². The first-order valence-corrected chi connectivity index (χ1v) is 9.45. The summed E-state index contributed by atoms with van der Waals surface area (Å²) < 4.78 is 5.85. The molecule has 1 aliphatic carbocycles. The van der Waals surface area contributed by atoms with Crippen molar-refractivity contribution in [1.82, 2.24) is 10.6 Å². The van der Waals surface area contributed by atoms with Gasteiger partial charge in [-0.15, -0.1) is 0 Å². The number of amides is 1. The topological polar surface area (TPSA) is 50.4 Å². The lowest BCUT2D eigenvalue weighted by atomic mass is 9.86. The van der Waals surface area contributed by atoms with E-state index in [1.54, 1.807) is 7.05 Å². The van der Waals surface area contributed by atoms with Gasteiger partial charge in [-0.05, 0) is 42.0 Å². The van der Waals surface area contributed by atoms with E-state index in [1.807, 2.05) is 30.3 Å². The van der Waals surface area contributed by atoms with E-state index in [0.717, 1.165) is 23.8 Å². The zero-order valence-electron chi connectivity index (χ0n) is 15.4. The van der Waals surface area contributed by atoms with E-state index < -0.39 is 0 Å². The number of nitrogens with one attached hydrogen (secondary N) is 2. The van der Waals surface area contributed by atoms with E-state index in [-0.39, 0.29) is 11.9 Å². The molecule has 0 spiro atoms. The molecule has 1 aliphatic rings. The Hall–Kier alpha value is -2.33. The quantitative estimate of drug-likeness (QED) is 0.721. The minimum atomic E-state index is -0.00862. The predicted molar refractivity (Wildman–Crippen MR) is 104 cm³/mol. The maximum atomic E-state index is 11.8. The van der Waals surface area contributed by atoms with E-state index in [2.05, 4.69) is 34.9 Å². The number of carbonyl (C=O) groups excluding carboxylic acids is 1. The van der Waals surface area contributed by atoms with Gasteiger partial charge in [-0.2, -0.15) is 0 Å². The zero-order valence-corrected chi connectivity index (χ0v) is 15.4. The number of hydrogen-bond acceptors (Lipinski definition) is 3. The third-order valence-electron chi connectivity index (χ3n) is 5.06. The van der Waals surface area contributed by atoms with Crippen molar-refractivity contribution < 1.29 is 9.53 Å². The Kier molecular flexibility index (Phi) is 6.67. The molecular formula is C22H28N2O2. The second-order valence-electron chi connectivity index (χ2n) is 6.97. The summed E-state index contributed by atoms with van der Waals surface area (Å²) in [7, 11) is 1.67. The third kappa shape index (κ3) is 5.33. The summed E-state index contributed by atoms with van der Waals surface area (Å²) in [6, 6.07) is 18.3. The first-order valence-electron chi connectivity index (χ1n) is 9.45. The molecule has 138 valence electrons. The largest absolute Gasteiger partial charge is 0.493 e. The highest BCUT2D eigenvalue weighted by Crippen LogP contribution is 2.27. The molecule has 4 heteroatoms. The van der Waals surface area contributed by atoms with E-state index >= 15 is 0 Å². The molecule has 1 atom stereocenters. The highest BCUT2D eigenvalue weighted by Gasteiger charge is 2.18. The monoisotopic (exact) mass is 352 g/mol. The molecule has 1 fully saturated rings. The molecule has 0 radical (unpaired) electrons. The van der Waals surface area contributed by atoms with Crippen molar-refractivity contribution in [3.05, 3.63) is 65.7 Å². The lowest BCUT2D eigenvalue weighted by Gasteiger charge is -2.25. The molecule has 0 heterocycles. The van der Waals surface area contributed by atoms with Crippen molar-refractivity contribution in [3.8, 4) is 5.75 Å². The summed E-state index contributed by atoms with van der Waals surface area (Å²) in [5, 5.41) is 6.21. The van der Waals surface area contributed by atoms with Gasteiger partial charge in [0.05, 0.1) is 6.61 Å². The Labute approximate surface area is 156 Å². The van der Waals surface area contributed by atoms with E-state index in [9.17, 15) is 4.79 Å². The number of ether oxygens (including phenoxy) is 1. The van der Waals surface area contributed by atoms with Crippen LogP contribution in [0.5, 0.6) is 5.75 Å². The number of hydrogen-bond donors (Lipinski definition) is 2. The van der Waals surface area contributed by atoms with Gasteiger partial charge in [0.25, 0.3) is 0 Å². The van der Waals surface area contributed by atoms with Crippen LogP contribution in [0.4, 0.5) is 0 Å². The molecule has 1 saturated carbocycles. The van der Waals surface area contributed by atoms with Crippen LogP contribution in [0, 0.1) is 5.92 Å². The maximum absolute atomic E-state index is 11.8. The SMILES string of the molecule is CNC(=O)C[C@H](NCc1ccc(OCC2CCC2)cc1)c1ccccc1. The summed E-state index contributed by atoms with van der Waals surface area (Å²) in [5.41, 5.74) is 2.30. The number of carbonyl (C=O) groups is 1. The lowest BCUT2D eigenvalue weighted by molar-refractivity contribution is -0.121. The molecule has 0 aliphatic heterocycles. The standard InChI is InChI=1S/C22H28N2O2/c1-23-22(25)14-21(19-8-3-2-4-9-19)24-15-17-10-12-20(13-11-17)26-16-18-6-5-7-18/h2-4,8-13,18,21,24H,5-7,14-16H2,1H3,(H,23,25)/t21-/m0/s1. The fourth-order valence-electron chi connectivity index (χ4n) is 3.10. The molecule has 4 nitrogen and oxygen atoms in total. The van der Waals surface area contributed by atoms with E-state index in [0.29, 0.717) is 13.0 Å². The molecule has 0 aromatic heterocycles. The zero-order chi connectivity index (χ0) is 18.2. The summed E-state index contributed by atoms with van der Waals surface area (Å²) in [5.74, 6) is 1.71. The molecule has 0 bridgehead atoms. The van der Waals surface area contributed by atoms with Gasteiger partial charge in [0.15, 0.2) is 0 Å². The van der Waals surface area contributed by atoms with Crippen LogP contribution in [0.25, 0.3) is 0 Å². The predicted octanol–water partition coefficient (Wildman–Crippen LogP) is 3.83. The van der Waals surface area contributed by atoms with Crippen molar-refractivity contribution in [2.45, 2.75) is 38.3 Å². The molecule has 3 rings (SSSR count). The van der Waals surface area contributed by atoms with Gasteiger partial charge in [-0.3, -0.25) is 4.79 Å². The second-order valence-corrected chi connectivity index (χ2v) is 6.97. The van der Waals surface area contributed by atoms with Crippen molar-refractivity contribution in [2.24, 2.45) is 5.92 Å². The summed E-state index contributed by atoms with van der Waals surface area (Å²) in [4.78, 5) is 11.8. The lowest BCUT2D eigenvalue weighted by Crippen LogP contribution is -2.28. The van der Waals surface area contributed by atoms with Crippen molar-refractivity contribution >= 4 is 5.91 Å². The highest BCUT2D eigenvalue weighted by atomic mass is 16.5. The molecule has 2 aromatic carbocycles. The van der Waals surface area contributed by atoms with Gasteiger partial charge in [-0.1, -0.05) is 48.9 Å². The van der Waals surface area contributed by atoms with Crippen LogP contribution >= 0.6 is 0 Å². The molecule has 26 heavy (non-hydrogen) atoms. The molecule has 2 aromatic rings. The van der Waals surface area contributed by atoms with Gasteiger partial charge in [0.1, 0.15) is 5.75 Å². The average molecular weight is 352 g/mol. The van der Waals surface area contributed by atoms with Crippen LogP contribution < -0.4 is 15.4 Å². The fourth-order valence-corrected chi connectivity index (χ4v) is 3.10. The minimum absolute atomic E-state index is 0.00862. The molecule has 1 amide bonds. The van der Waals surface area contributed by atoms with Crippen LogP contribution in [0.2, 0.25) is 0 Å². The normalized spacial score (nSPS) is 15.1. The third-order valence-corrected chi connectivity index (χ3v) is 5.06. The Morgan fingerprint density at radius 3 is 2.46 bits per heavy atom. The maximum Gasteiger partial charge on any atom is 0.221 e. The van der Waals surface area contributed by atoms with Gasteiger partial charge < -0.3 is 15.4 Å². The van der Waals surface area contributed by atoms with Gasteiger partial charge in [-0.25, -0.2) is 0 Å². The Morgan fingerprint density at radius 2 is 1.85 bits per heavy atom. The Balaban J connectivity index is 1.54. The first kappa shape index (κ1) is 18.5. The van der Waals surface area contributed by atoms with Crippen LogP contribution in [0.15, 0.2) is 54.6 Å². The molecule has 2 N–H and O–H groups in total.